The molecule has 2 N–H and O–H groups in total. The molecule has 0 unspecified atom stereocenters. The number of nitrogens with one attached hydrogen (secondary N) is 2. The lowest BCUT2D eigenvalue weighted by Gasteiger charge is -2.34. The number of hydrogen-bond acceptors (Lipinski definition) is 5. The summed E-state index contributed by atoms with van der Waals surface area (Å²) in [6.45, 7) is 6.03. The van der Waals surface area contributed by atoms with E-state index in [0.29, 0.717) is 6.04 Å². The van der Waals surface area contributed by atoms with Crippen molar-refractivity contribution in [1.82, 2.24) is 25.5 Å². The fraction of sp³-hybridized carbons (Fsp3) is 0.722. The van der Waals surface area contributed by atoms with Crippen LogP contribution < -0.4 is 15.5 Å². The maximum atomic E-state index is 4.37. The summed E-state index contributed by atoms with van der Waals surface area (Å²) in [5, 5.41) is 7.03. The van der Waals surface area contributed by atoms with Gasteiger partial charge in [-0.3, -0.25) is 9.89 Å². The minimum absolute atomic E-state index is 0.592. The van der Waals surface area contributed by atoms with Crippen LogP contribution in [0.2, 0.25) is 0 Å². The normalized spacial score (nSPS) is 20.5. The van der Waals surface area contributed by atoms with Gasteiger partial charge in [0, 0.05) is 64.8 Å². The molecule has 1 saturated carbocycles. The van der Waals surface area contributed by atoms with Gasteiger partial charge in [0.25, 0.3) is 0 Å². The molecule has 0 amide bonds. The molecule has 0 spiro atoms. The molecule has 1 saturated heterocycles. The van der Waals surface area contributed by atoms with E-state index in [1.54, 1.807) is 0 Å². The SMILES string of the molecule is CN=C(NCCN1CCN(c2ncccn2)CC1)NC1CCCCC1. The molecule has 7 heteroatoms. The van der Waals surface area contributed by atoms with Crippen LogP contribution in [-0.2, 0) is 0 Å². The Labute approximate surface area is 150 Å². The topological polar surface area (TPSA) is 68.7 Å². The van der Waals surface area contributed by atoms with Crippen LogP contribution in [0.5, 0.6) is 0 Å². The van der Waals surface area contributed by atoms with Crippen molar-refractivity contribution in [2.75, 3.05) is 51.2 Å². The van der Waals surface area contributed by atoms with Gasteiger partial charge in [0.1, 0.15) is 0 Å². The first-order chi connectivity index (χ1) is 12.3. The molecule has 1 aromatic heterocycles. The largest absolute Gasteiger partial charge is 0.355 e. The summed E-state index contributed by atoms with van der Waals surface area (Å²) in [7, 11) is 1.86. The third-order valence-corrected chi connectivity index (χ3v) is 5.10. The van der Waals surface area contributed by atoms with Gasteiger partial charge in [0.05, 0.1) is 0 Å². The van der Waals surface area contributed by atoms with Crippen molar-refractivity contribution in [3.8, 4) is 0 Å². The molecule has 25 heavy (non-hydrogen) atoms. The Hall–Kier alpha value is -1.89. The Bertz CT molecular complexity index is 519. The van der Waals surface area contributed by atoms with Gasteiger partial charge in [-0.25, -0.2) is 9.97 Å². The van der Waals surface area contributed by atoms with E-state index in [1.807, 2.05) is 25.5 Å². The molecule has 2 heterocycles. The first-order valence-electron chi connectivity index (χ1n) is 9.56. The van der Waals surface area contributed by atoms with Crippen LogP contribution in [0.25, 0.3) is 0 Å². The zero-order valence-corrected chi connectivity index (χ0v) is 15.3. The summed E-state index contributed by atoms with van der Waals surface area (Å²) in [6.07, 6.45) is 10.2. The summed E-state index contributed by atoms with van der Waals surface area (Å²) >= 11 is 0. The lowest BCUT2D eigenvalue weighted by molar-refractivity contribution is 0.260. The molecule has 2 fully saturated rings. The molecule has 7 nitrogen and oxygen atoms in total. The van der Waals surface area contributed by atoms with Gasteiger partial charge in [-0.1, -0.05) is 19.3 Å². The zero-order chi connectivity index (χ0) is 17.3. The van der Waals surface area contributed by atoms with Gasteiger partial charge in [-0.2, -0.15) is 0 Å². The first-order valence-corrected chi connectivity index (χ1v) is 9.56. The van der Waals surface area contributed by atoms with Gasteiger partial charge in [-0.05, 0) is 18.9 Å². The average molecular weight is 345 g/mol. The first kappa shape index (κ1) is 17.9. The van der Waals surface area contributed by atoms with Crippen molar-refractivity contribution in [3.05, 3.63) is 18.5 Å². The van der Waals surface area contributed by atoms with E-state index in [4.69, 9.17) is 0 Å². The number of piperazine rings is 1. The molecule has 0 atom stereocenters. The maximum absolute atomic E-state index is 4.37. The Morgan fingerprint density at radius 2 is 1.84 bits per heavy atom. The number of anilines is 1. The van der Waals surface area contributed by atoms with Crippen LogP contribution >= 0.6 is 0 Å². The fourth-order valence-corrected chi connectivity index (χ4v) is 3.59. The summed E-state index contributed by atoms with van der Waals surface area (Å²) < 4.78 is 0. The Balaban J connectivity index is 1.34. The predicted molar refractivity (Wildman–Crippen MR) is 102 cm³/mol. The van der Waals surface area contributed by atoms with Crippen LogP contribution in [0, 0.1) is 0 Å². The monoisotopic (exact) mass is 345 g/mol. The van der Waals surface area contributed by atoms with Crippen LogP contribution in [0.3, 0.4) is 0 Å². The molecule has 138 valence electrons. The van der Waals surface area contributed by atoms with E-state index in [0.717, 1.165) is 51.2 Å². The van der Waals surface area contributed by atoms with Crippen LogP contribution in [0.1, 0.15) is 32.1 Å². The summed E-state index contributed by atoms with van der Waals surface area (Å²) in [5.74, 6) is 1.79. The standard InChI is InChI=1S/C18H31N7/c1-19-17(23-16-6-3-2-4-7-16)20-10-11-24-12-14-25(15-13-24)18-21-8-5-9-22-18/h5,8-9,16H,2-4,6-7,10-15H2,1H3,(H2,19,20,23). The van der Waals surface area contributed by atoms with Crippen molar-refractivity contribution >= 4 is 11.9 Å². The highest BCUT2D eigenvalue weighted by Crippen LogP contribution is 2.17. The zero-order valence-electron chi connectivity index (χ0n) is 15.3. The smallest absolute Gasteiger partial charge is 0.225 e. The third-order valence-electron chi connectivity index (χ3n) is 5.10. The maximum Gasteiger partial charge on any atom is 0.225 e. The Kier molecular flexibility index (Phi) is 6.85. The van der Waals surface area contributed by atoms with Crippen molar-refractivity contribution in [1.29, 1.82) is 0 Å². The minimum atomic E-state index is 0.592. The Morgan fingerprint density at radius 3 is 2.52 bits per heavy atom. The van der Waals surface area contributed by atoms with E-state index in [-0.39, 0.29) is 0 Å². The molecule has 3 rings (SSSR count). The number of aromatic nitrogens is 2. The predicted octanol–water partition coefficient (Wildman–Crippen LogP) is 1.10. The van der Waals surface area contributed by atoms with Gasteiger partial charge in [-0.15, -0.1) is 0 Å². The lowest BCUT2D eigenvalue weighted by Crippen LogP contribution is -2.50. The van der Waals surface area contributed by atoms with Gasteiger partial charge >= 0.3 is 0 Å². The van der Waals surface area contributed by atoms with Crippen LogP contribution in [0.4, 0.5) is 5.95 Å². The second-order valence-electron chi connectivity index (χ2n) is 6.86. The van der Waals surface area contributed by atoms with Crippen molar-refractivity contribution < 1.29 is 0 Å². The van der Waals surface area contributed by atoms with Crippen LogP contribution in [0.15, 0.2) is 23.5 Å². The number of aliphatic imine (C=N–C) groups is 1. The molecule has 2 aliphatic rings. The fourth-order valence-electron chi connectivity index (χ4n) is 3.59. The lowest BCUT2D eigenvalue weighted by atomic mass is 9.96. The second kappa shape index (κ2) is 9.56. The number of hydrogen-bond donors (Lipinski definition) is 2. The highest BCUT2D eigenvalue weighted by Gasteiger charge is 2.18. The highest BCUT2D eigenvalue weighted by atomic mass is 15.3. The summed E-state index contributed by atoms with van der Waals surface area (Å²) in [4.78, 5) is 17.8. The van der Waals surface area contributed by atoms with Crippen LogP contribution in [-0.4, -0.2) is 73.2 Å². The number of guanidine groups is 1. The molecule has 0 aromatic carbocycles. The van der Waals surface area contributed by atoms with E-state index in [9.17, 15) is 0 Å². The van der Waals surface area contributed by atoms with Gasteiger partial charge in [0.15, 0.2) is 5.96 Å². The second-order valence-corrected chi connectivity index (χ2v) is 6.86. The molecular formula is C18H31N7. The third kappa shape index (κ3) is 5.56. The number of rotatable bonds is 5. The Morgan fingerprint density at radius 1 is 1.12 bits per heavy atom. The summed E-state index contributed by atoms with van der Waals surface area (Å²) in [5.41, 5.74) is 0. The van der Waals surface area contributed by atoms with E-state index >= 15 is 0 Å². The van der Waals surface area contributed by atoms with E-state index in [1.165, 1.54) is 32.1 Å². The molecule has 1 aliphatic heterocycles. The molecule has 0 radical (unpaired) electrons. The molecule has 1 aliphatic carbocycles. The quantitative estimate of drug-likeness (QED) is 0.615. The minimum Gasteiger partial charge on any atom is -0.355 e. The number of nitrogens with zero attached hydrogens (tertiary/aromatic N) is 5. The van der Waals surface area contributed by atoms with Gasteiger partial charge in [0.2, 0.25) is 5.95 Å². The molecule has 0 bridgehead atoms. The molecule has 1 aromatic rings. The van der Waals surface area contributed by atoms with Gasteiger partial charge < -0.3 is 15.5 Å². The van der Waals surface area contributed by atoms with Crippen molar-refractivity contribution in [2.45, 2.75) is 38.1 Å². The van der Waals surface area contributed by atoms with E-state index < -0.39 is 0 Å². The van der Waals surface area contributed by atoms with Crippen molar-refractivity contribution in [3.63, 3.8) is 0 Å². The highest BCUT2D eigenvalue weighted by molar-refractivity contribution is 5.79. The molecular weight excluding hydrogens is 314 g/mol. The van der Waals surface area contributed by atoms with Crippen molar-refractivity contribution in [2.24, 2.45) is 4.99 Å². The van der Waals surface area contributed by atoms with E-state index in [2.05, 4.69) is 35.4 Å². The average Bonchev–Trinajstić information content (AvgIpc) is 2.69. The summed E-state index contributed by atoms with van der Waals surface area (Å²) in [6, 6.07) is 2.45.